The third kappa shape index (κ3) is 5.37. The van der Waals surface area contributed by atoms with Crippen molar-refractivity contribution in [3.8, 4) is 28.0 Å². The molecule has 0 aliphatic rings. The van der Waals surface area contributed by atoms with Crippen molar-refractivity contribution in [3.05, 3.63) is 129 Å². The van der Waals surface area contributed by atoms with Gasteiger partial charge in [0.15, 0.2) is 0 Å². The third-order valence-corrected chi connectivity index (χ3v) is 7.09. The summed E-state index contributed by atoms with van der Waals surface area (Å²) in [7, 11) is 0. The topological polar surface area (TPSA) is 26.5 Å². The molecule has 1 heterocycles. The van der Waals surface area contributed by atoms with Gasteiger partial charge >= 0.3 is 6.02 Å². The summed E-state index contributed by atoms with van der Waals surface area (Å²) in [5, 5.41) is 0.886. The van der Waals surface area contributed by atoms with Crippen molar-refractivity contribution in [3.63, 3.8) is 0 Å². The van der Waals surface area contributed by atoms with E-state index in [1.165, 1.54) is 0 Å². The zero-order valence-electron chi connectivity index (χ0n) is 20.3. The van der Waals surface area contributed by atoms with Crippen molar-refractivity contribution in [2.45, 2.75) is 13.8 Å². The Hall–Kier alpha value is -3.31. The van der Waals surface area contributed by atoms with Gasteiger partial charge in [-0.3, -0.25) is 4.57 Å². The molecule has 0 saturated carbocycles. The number of nitrogens with zero attached hydrogens (tertiary/aromatic N) is 2. The lowest BCUT2D eigenvalue weighted by atomic mass is 9.97. The van der Waals surface area contributed by atoms with E-state index in [2.05, 4.69) is 52.3 Å². The number of hydrogen-bond donors (Lipinski definition) is 0. The lowest BCUT2D eigenvalue weighted by Gasteiger charge is -2.20. The van der Waals surface area contributed by atoms with Crippen LogP contribution in [0.25, 0.3) is 22.3 Å². The van der Waals surface area contributed by atoms with Gasteiger partial charge in [-0.1, -0.05) is 106 Å². The van der Waals surface area contributed by atoms with E-state index in [1.54, 1.807) is 18.2 Å². The van der Waals surface area contributed by atoms with Crippen LogP contribution in [0.3, 0.4) is 0 Å². The molecular formula is C31H23BrCl2N2O. The van der Waals surface area contributed by atoms with Crippen molar-refractivity contribution < 1.29 is 4.74 Å². The molecule has 4 aromatic carbocycles. The number of aryl methyl sites for hydroxylation is 2. The fourth-order valence-electron chi connectivity index (χ4n) is 4.24. The SMILES string of the molecule is Cc1ccc(C)n1C(=Nc1c(Cl)cccc1Cl)Oc1c(-c2ccccc2)cc(Br)cc1-c1ccccc1. The fraction of sp³-hybridized carbons (Fsp3) is 0.0645. The molecule has 6 heteroatoms. The van der Waals surface area contributed by atoms with Crippen LogP contribution >= 0.6 is 39.1 Å². The second-order valence-corrected chi connectivity index (χ2v) is 10.3. The number of hydrogen-bond acceptors (Lipinski definition) is 2. The highest BCUT2D eigenvalue weighted by Crippen LogP contribution is 2.42. The first-order chi connectivity index (χ1) is 17.9. The van der Waals surface area contributed by atoms with Crippen LogP contribution in [0.15, 0.2) is 113 Å². The van der Waals surface area contributed by atoms with Gasteiger partial charge < -0.3 is 4.74 Å². The van der Waals surface area contributed by atoms with Gasteiger partial charge in [-0.15, -0.1) is 0 Å². The minimum absolute atomic E-state index is 0.353. The van der Waals surface area contributed by atoms with Gasteiger partial charge in [-0.2, -0.15) is 4.99 Å². The molecule has 0 aliphatic carbocycles. The monoisotopic (exact) mass is 588 g/mol. The Morgan fingerprint density at radius 1 is 0.703 bits per heavy atom. The predicted molar refractivity (Wildman–Crippen MR) is 159 cm³/mol. The molecule has 0 amide bonds. The summed E-state index contributed by atoms with van der Waals surface area (Å²) in [4.78, 5) is 4.89. The van der Waals surface area contributed by atoms with Crippen LogP contribution in [0.1, 0.15) is 11.4 Å². The minimum Gasteiger partial charge on any atom is -0.424 e. The highest BCUT2D eigenvalue weighted by atomic mass is 79.9. The molecule has 0 fully saturated rings. The van der Waals surface area contributed by atoms with Crippen molar-refractivity contribution in [2.24, 2.45) is 4.99 Å². The molecule has 0 aliphatic heterocycles. The molecule has 184 valence electrons. The van der Waals surface area contributed by atoms with Gasteiger partial charge in [0, 0.05) is 27.0 Å². The molecule has 0 spiro atoms. The van der Waals surface area contributed by atoms with Crippen LogP contribution in [0, 0.1) is 13.8 Å². The second-order valence-electron chi connectivity index (χ2n) is 8.58. The summed E-state index contributed by atoms with van der Waals surface area (Å²) in [6.45, 7) is 4.02. The first-order valence-electron chi connectivity index (χ1n) is 11.7. The van der Waals surface area contributed by atoms with E-state index in [9.17, 15) is 0 Å². The van der Waals surface area contributed by atoms with Crippen molar-refractivity contribution >= 4 is 50.8 Å². The van der Waals surface area contributed by atoms with E-state index >= 15 is 0 Å². The molecule has 5 aromatic rings. The Bertz CT molecular complexity index is 1490. The van der Waals surface area contributed by atoms with Crippen LogP contribution in [-0.4, -0.2) is 10.6 Å². The zero-order valence-corrected chi connectivity index (χ0v) is 23.3. The third-order valence-electron chi connectivity index (χ3n) is 6.02. The number of aromatic nitrogens is 1. The lowest BCUT2D eigenvalue weighted by molar-refractivity contribution is 0.524. The second kappa shape index (κ2) is 11.0. The first kappa shape index (κ1) is 25.3. The normalized spacial score (nSPS) is 11.5. The van der Waals surface area contributed by atoms with E-state index in [4.69, 9.17) is 32.9 Å². The van der Waals surface area contributed by atoms with Crippen LogP contribution in [0.5, 0.6) is 5.75 Å². The molecule has 0 atom stereocenters. The van der Waals surface area contributed by atoms with Gasteiger partial charge in [0.05, 0.1) is 10.0 Å². The molecule has 5 rings (SSSR count). The average Bonchev–Trinajstić information content (AvgIpc) is 3.24. The molecule has 1 aromatic heterocycles. The van der Waals surface area contributed by atoms with Gasteiger partial charge in [-0.05, 0) is 61.4 Å². The first-order valence-corrected chi connectivity index (χ1v) is 13.3. The summed E-state index contributed by atoms with van der Waals surface area (Å²) >= 11 is 16.8. The molecule has 0 saturated heterocycles. The summed E-state index contributed by atoms with van der Waals surface area (Å²) < 4.78 is 9.74. The van der Waals surface area contributed by atoms with Crippen molar-refractivity contribution in [1.82, 2.24) is 4.57 Å². The van der Waals surface area contributed by atoms with E-state index in [-0.39, 0.29) is 0 Å². The quantitative estimate of drug-likeness (QED) is 0.151. The largest absolute Gasteiger partial charge is 0.424 e. The van der Waals surface area contributed by atoms with Crippen molar-refractivity contribution in [2.75, 3.05) is 0 Å². The van der Waals surface area contributed by atoms with Crippen LogP contribution in [-0.2, 0) is 0 Å². The highest BCUT2D eigenvalue weighted by molar-refractivity contribution is 9.10. The van der Waals surface area contributed by atoms with E-state index in [0.29, 0.717) is 27.5 Å². The Balaban J connectivity index is 1.79. The molecule has 0 unspecified atom stereocenters. The van der Waals surface area contributed by atoms with E-state index in [0.717, 1.165) is 38.1 Å². The smallest absolute Gasteiger partial charge is 0.307 e. The molecule has 3 nitrogen and oxygen atoms in total. The summed E-state index contributed by atoms with van der Waals surface area (Å²) in [5.74, 6) is 0.676. The zero-order chi connectivity index (χ0) is 25.9. The predicted octanol–water partition coefficient (Wildman–Crippen LogP) is 10.1. The number of aliphatic imine (C=N–C) groups is 1. The molecular weight excluding hydrogens is 567 g/mol. The minimum atomic E-state index is 0.353. The fourth-order valence-corrected chi connectivity index (χ4v) is 5.18. The number of para-hydroxylation sites is 1. The van der Waals surface area contributed by atoms with Gasteiger partial charge in [0.1, 0.15) is 11.4 Å². The van der Waals surface area contributed by atoms with Crippen LogP contribution in [0.4, 0.5) is 5.69 Å². The number of ether oxygens (including phenoxy) is 1. The average molecular weight is 590 g/mol. The maximum Gasteiger partial charge on any atom is 0.307 e. The summed E-state index contributed by atoms with van der Waals surface area (Å²) in [5.41, 5.74) is 6.29. The van der Waals surface area contributed by atoms with Gasteiger partial charge in [0.25, 0.3) is 0 Å². The Morgan fingerprint density at radius 2 is 1.19 bits per heavy atom. The number of halogens is 3. The summed E-state index contributed by atoms with van der Waals surface area (Å²) in [6, 6.07) is 34.2. The molecule has 0 radical (unpaired) electrons. The molecule has 37 heavy (non-hydrogen) atoms. The Morgan fingerprint density at radius 3 is 1.68 bits per heavy atom. The number of rotatable bonds is 4. The number of benzene rings is 4. The lowest BCUT2D eigenvalue weighted by Crippen LogP contribution is -2.22. The van der Waals surface area contributed by atoms with Crippen LogP contribution < -0.4 is 4.74 Å². The Labute approximate surface area is 235 Å². The Kier molecular flexibility index (Phi) is 7.52. The van der Waals surface area contributed by atoms with Gasteiger partial charge in [0.2, 0.25) is 0 Å². The van der Waals surface area contributed by atoms with E-state index in [1.807, 2.05) is 66.9 Å². The van der Waals surface area contributed by atoms with E-state index < -0.39 is 0 Å². The summed E-state index contributed by atoms with van der Waals surface area (Å²) in [6.07, 6.45) is 0. The maximum atomic E-state index is 6.84. The highest BCUT2D eigenvalue weighted by Gasteiger charge is 2.21. The molecule has 0 bridgehead atoms. The molecule has 0 N–H and O–H groups in total. The van der Waals surface area contributed by atoms with Crippen molar-refractivity contribution in [1.29, 1.82) is 0 Å². The van der Waals surface area contributed by atoms with Crippen LogP contribution in [0.2, 0.25) is 10.0 Å². The standard InChI is InChI=1S/C31H23BrCl2N2O/c1-20-16-17-21(2)36(20)31(35-29-27(33)14-9-15-28(29)34)37-30-25(22-10-5-3-6-11-22)18-24(32)19-26(30)23-12-7-4-8-13-23/h3-19H,1-2H3. The van der Waals surface area contributed by atoms with Gasteiger partial charge in [-0.25, -0.2) is 0 Å². The maximum absolute atomic E-state index is 6.84.